The molecule has 0 saturated carbocycles. The second-order valence-electron chi connectivity index (χ2n) is 13.0. The maximum atomic E-state index is 4.60. The van der Waals surface area contributed by atoms with E-state index in [1.165, 1.54) is 5.56 Å². The average molecular weight is 692 g/mol. The molecule has 3 aromatic heterocycles. The van der Waals surface area contributed by atoms with E-state index in [0.717, 1.165) is 72.7 Å². The Labute approximate surface area is 317 Å². The van der Waals surface area contributed by atoms with Gasteiger partial charge >= 0.3 is 0 Å². The molecule has 0 aliphatic carbocycles. The monoisotopic (exact) mass is 691 g/mol. The Bertz CT molecular complexity index is 2430. The van der Waals surface area contributed by atoms with Gasteiger partial charge in [-0.05, 0) is 105 Å². The Morgan fingerprint density at radius 1 is 0.278 bits per heavy atom. The summed E-state index contributed by atoms with van der Waals surface area (Å²) in [4.78, 5) is 13.6. The van der Waals surface area contributed by atoms with Crippen molar-refractivity contribution in [1.29, 1.82) is 0 Å². The van der Waals surface area contributed by atoms with Crippen LogP contribution in [0.3, 0.4) is 0 Å². The zero-order valence-electron chi connectivity index (χ0n) is 29.7. The molecule has 0 N–H and O–H groups in total. The fraction of sp³-hybridized carbons (Fsp3) is 0. The predicted molar refractivity (Wildman–Crippen MR) is 228 cm³/mol. The van der Waals surface area contributed by atoms with Gasteiger partial charge in [-0.3, -0.25) is 15.0 Å². The molecule has 0 saturated heterocycles. The molecule has 8 rings (SSSR count). The summed E-state index contributed by atoms with van der Waals surface area (Å²) in [6, 6.07) is 58.9. The highest BCUT2D eigenvalue weighted by atomic mass is 14.7. The van der Waals surface area contributed by atoms with E-state index in [-0.39, 0.29) is 0 Å². The minimum absolute atomic E-state index is 0.957. The number of pyridine rings is 3. The summed E-state index contributed by atoms with van der Waals surface area (Å²) < 4.78 is 0. The molecule has 3 heteroatoms. The minimum atomic E-state index is 0.957. The van der Waals surface area contributed by atoms with Crippen LogP contribution in [0.1, 0.15) is 33.4 Å². The molecule has 0 bridgehead atoms. The van der Waals surface area contributed by atoms with Crippen molar-refractivity contribution in [2.45, 2.75) is 0 Å². The molecule has 0 aliphatic rings. The largest absolute Gasteiger partial charge is 0.256 e. The summed E-state index contributed by atoms with van der Waals surface area (Å²) in [6.45, 7) is 0. The molecule has 0 unspecified atom stereocenters. The molecule has 0 spiro atoms. The van der Waals surface area contributed by atoms with Gasteiger partial charge in [-0.2, -0.15) is 0 Å². The van der Waals surface area contributed by atoms with E-state index in [4.69, 9.17) is 0 Å². The minimum Gasteiger partial charge on any atom is -0.256 e. The first-order valence-corrected chi connectivity index (χ1v) is 18.1. The van der Waals surface area contributed by atoms with Gasteiger partial charge in [-0.15, -0.1) is 0 Å². The lowest BCUT2D eigenvalue weighted by Crippen LogP contribution is -1.88. The number of hydrogen-bond acceptors (Lipinski definition) is 3. The summed E-state index contributed by atoms with van der Waals surface area (Å²) in [5.41, 5.74) is 15.2. The van der Waals surface area contributed by atoms with Gasteiger partial charge in [0.25, 0.3) is 0 Å². The molecule has 5 aromatic carbocycles. The number of aromatic nitrogens is 3. The van der Waals surface area contributed by atoms with Crippen LogP contribution in [0.5, 0.6) is 0 Å². The van der Waals surface area contributed by atoms with Crippen LogP contribution in [0.15, 0.2) is 188 Å². The van der Waals surface area contributed by atoms with Crippen molar-refractivity contribution in [2.75, 3.05) is 0 Å². The Balaban J connectivity index is 1.12. The highest BCUT2D eigenvalue weighted by Gasteiger charge is 2.08. The second-order valence-corrected chi connectivity index (χ2v) is 13.0. The zero-order valence-corrected chi connectivity index (χ0v) is 29.7. The Morgan fingerprint density at radius 2 is 0.685 bits per heavy atom. The zero-order chi connectivity index (χ0) is 36.4. The first kappa shape index (κ1) is 33.9. The summed E-state index contributed by atoms with van der Waals surface area (Å²) in [7, 11) is 0. The molecule has 0 amide bonds. The molecule has 0 radical (unpaired) electrons. The van der Waals surface area contributed by atoms with Gasteiger partial charge in [0.05, 0.1) is 17.1 Å². The van der Waals surface area contributed by atoms with Crippen LogP contribution >= 0.6 is 0 Å². The number of nitrogens with zero attached hydrogens (tertiary/aromatic N) is 3. The lowest BCUT2D eigenvalue weighted by atomic mass is 9.95. The standard InChI is InChI=1S/C51H37N3/c1-2-10-43(11-3-1)48-37-47(51-14-6-9-33-54-51)30-29-44(48)24-23-42-35-40(17-15-38-19-25-45(26-20-38)49-12-4-7-31-52-49)34-41(36-42)18-16-39-21-27-46(28-22-39)50-13-5-8-32-53-50/h1-37H/b17-15-,18-16?,24-23-. The maximum absolute atomic E-state index is 4.60. The summed E-state index contributed by atoms with van der Waals surface area (Å²) in [5.74, 6) is 0. The average Bonchev–Trinajstić information content (AvgIpc) is 3.26. The lowest BCUT2D eigenvalue weighted by molar-refractivity contribution is 1.33. The van der Waals surface area contributed by atoms with E-state index < -0.39 is 0 Å². The first-order chi connectivity index (χ1) is 26.7. The van der Waals surface area contributed by atoms with Gasteiger partial charge < -0.3 is 0 Å². The molecule has 0 fully saturated rings. The van der Waals surface area contributed by atoms with Gasteiger partial charge in [0.2, 0.25) is 0 Å². The van der Waals surface area contributed by atoms with Crippen molar-refractivity contribution in [1.82, 2.24) is 15.0 Å². The van der Waals surface area contributed by atoms with Gasteiger partial charge in [0, 0.05) is 35.3 Å². The molecular formula is C51H37N3. The van der Waals surface area contributed by atoms with E-state index >= 15 is 0 Å². The van der Waals surface area contributed by atoms with Crippen molar-refractivity contribution in [3.05, 3.63) is 222 Å². The number of hydrogen-bond donors (Lipinski definition) is 0. The quantitative estimate of drug-likeness (QED) is 0.134. The molecule has 54 heavy (non-hydrogen) atoms. The van der Waals surface area contributed by atoms with Gasteiger partial charge in [-0.1, -0.05) is 146 Å². The van der Waals surface area contributed by atoms with Crippen molar-refractivity contribution >= 4 is 36.5 Å². The number of rotatable bonds is 10. The van der Waals surface area contributed by atoms with Crippen LogP contribution in [0.25, 0.3) is 81.4 Å². The molecule has 0 aliphatic heterocycles. The van der Waals surface area contributed by atoms with Crippen molar-refractivity contribution in [3.8, 4) is 44.9 Å². The van der Waals surface area contributed by atoms with Crippen LogP contribution in [0.2, 0.25) is 0 Å². The third kappa shape index (κ3) is 8.45. The normalized spacial score (nSPS) is 11.5. The molecule has 0 atom stereocenters. The second kappa shape index (κ2) is 16.4. The third-order valence-corrected chi connectivity index (χ3v) is 9.23. The van der Waals surface area contributed by atoms with E-state index in [0.29, 0.717) is 0 Å². The van der Waals surface area contributed by atoms with Crippen molar-refractivity contribution in [2.24, 2.45) is 0 Å². The van der Waals surface area contributed by atoms with Gasteiger partial charge in [0.1, 0.15) is 0 Å². The van der Waals surface area contributed by atoms with E-state index in [1.54, 1.807) is 0 Å². The number of benzene rings is 5. The highest BCUT2D eigenvalue weighted by molar-refractivity contribution is 5.85. The molecule has 3 nitrogen and oxygen atoms in total. The Kier molecular flexibility index (Phi) is 10.3. The topological polar surface area (TPSA) is 38.7 Å². The van der Waals surface area contributed by atoms with Crippen molar-refractivity contribution in [3.63, 3.8) is 0 Å². The predicted octanol–water partition coefficient (Wildman–Crippen LogP) is 13.1. The molecule has 8 aromatic rings. The van der Waals surface area contributed by atoms with Gasteiger partial charge in [0.15, 0.2) is 0 Å². The molecule has 256 valence electrons. The summed E-state index contributed by atoms with van der Waals surface area (Å²) >= 11 is 0. The lowest BCUT2D eigenvalue weighted by Gasteiger charge is -2.10. The maximum Gasteiger partial charge on any atom is 0.0702 e. The fourth-order valence-electron chi connectivity index (χ4n) is 6.42. The summed E-state index contributed by atoms with van der Waals surface area (Å²) in [5, 5.41) is 0. The van der Waals surface area contributed by atoms with Crippen LogP contribution in [0.4, 0.5) is 0 Å². The summed E-state index contributed by atoms with van der Waals surface area (Å²) in [6.07, 6.45) is 18.6. The van der Waals surface area contributed by atoms with Gasteiger partial charge in [-0.25, -0.2) is 0 Å². The smallest absolute Gasteiger partial charge is 0.0702 e. The SMILES string of the molecule is C(=Cc1cc(/C=C\c2ccc(-c3ccccn3)cc2)cc(/C=C\c2ccc(-c3ccccn3)cc2-c2ccccc2)c1)c1ccc(-c2ccccn2)cc1. The van der Waals surface area contributed by atoms with Crippen molar-refractivity contribution < 1.29 is 0 Å². The third-order valence-electron chi connectivity index (χ3n) is 9.23. The Morgan fingerprint density at radius 3 is 1.15 bits per heavy atom. The fourth-order valence-corrected chi connectivity index (χ4v) is 6.42. The van der Waals surface area contributed by atoms with E-state index in [2.05, 4.69) is 173 Å². The van der Waals surface area contributed by atoms with Crippen LogP contribution in [0, 0.1) is 0 Å². The molecular weight excluding hydrogens is 655 g/mol. The Hall–Kier alpha value is -7.23. The van der Waals surface area contributed by atoms with Crippen LogP contribution in [-0.4, -0.2) is 15.0 Å². The van der Waals surface area contributed by atoms with E-state index in [9.17, 15) is 0 Å². The van der Waals surface area contributed by atoms with E-state index in [1.807, 2.05) is 67.1 Å². The first-order valence-electron chi connectivity index (χ1n) is 18.1. The highest BCUT2D eigenvalue weighted by Crippen LogP contribution is 2.31. The molecule has 3 heterocycles. The van der Waals surface area contributed by atoms with Crippen LogP contribution < -0.4 is 0 Å². The van der Waals surface area contributed by atoms with Crippen LogP contribution in [-0.2, 0) is 0 Å².